The van der Waals surface area contributed by atoms with Gasteiger partial charge in [-0.2, -0.15) is 0 Å². The fourth-order valence-electron chi connectivity index (χ4n) is 7.48. The second kappa shape index (κ2) is 8.56. The average molecular weight is 553 g/mol. The van der Waals surface area contributed by atoms with Crippen molar-refractivity contribution in [2.45, 2.75) is 19.3 Å². The van der Waals surface area contributed by atoms with Gasteiger partial charge >= 0.3 is 0 Å². The third-order valence-corrected chi connectivity index (χ3v) is 9.52. The molecule has 0 bridgehead atoms. The molecule has 8 aromatic rings. The summed E-state index contributed by atoms with van der Waals surface area (Å²) in [5.41, 5.74) is 10.1. The van der Waals surface area contributed by atoms with Crippen molar-refractivity contribution in [3.8, 4) is 22.5 Å². The number of para-hydroxylation sites is 2. The van der Waals surface area contributed by atoms with E-state index in [1.54, 1.807) is 0 Å². The Morgan fingerprint density at radius 2 is 1.09 bits per heavy atom. The van der Waals surface area contributed by atoms with Gasteiger partial charge in [0.05, 0.1) is 22.2 Å². The number of rotatable bonds is 2. The van der Waals surface area contributed by atoms with E-state index >= 15 is 0 Å². The fraction of sp³-hybridized carbons (Fsp3) is 0.0750. The van der Waals surface area contributed by atoms with Gasteiger partial charge in [-0.05, 0) is 82.2 Å². The van der Waals surface area contributed by atoms with Crippen molar-refractivity contribution < 1.29 is 0 Å². The molecule has 0 saturated heterocycles. The lowest BCUT2D eigenvalue weighted by Gasteiger charge is -2.22. The fourth-order valence-corrected chi connectivity index (χ4v) is 7.48. The molecule has 2 aromatic heterocycles. The van der Waals surface area contributed by atoms with Gasteiger partial charge in [0.2, 0.25) is 0 Å². The first kappa shape index (κ1) is 24.2. The van der Waals surface area contributed by atoms with Gasteiger partial charge < -0.3 is 4.57 Å². The molecule has 0 unspecified atom stereocenters. The standard InChI is InChI=1S/C40H28N2O/c1-40(2)34-18-10-8-15-28(34)31-23-33-27-14-6-7-17-30(27)39(43)42(38(33)24-35(31)40)26-20-21-37-32(22-26)29-16-9-11-19-36(29)41(37)25-12-4-3-5-13-25/h3-24H,1-2H3. The topological polar surface area (TPSA) is 26.9 Å². The van der Waals surface area contributed by atoms with Crippen LogP contribution in [0.15, 0.2) is 138 Å². The Labute approximate surface area is 248 Å². The van der Waals surface area contributed by atoms with Gasteiger partial charge in [-0.25, -0.2) is 0 Å². The molecule has 3 nitrogen and oxygen atoms in total. The summed E-state index contributed by atoms with van der Waals surface area (Å²) < 4.78 is 4.24. The van der Waals surface area contributed by atoms with Crippen LogP contribution in [0.1, 0.15) is 25.0 Å². The van der Waals surface area contributed by atoms with Crippen LogP contribution in [0.5, 0.6) is 0 Å². The van der Waals surface area contributed by atoms with E-state index in [1.165, 1.54) is 27.6 Å². The van der Waals surface area contributed by atoms with E-state index in [4.69, 9.17) is 0 Å². The van der Waals surface area contributed by atoms with Crippen LogP contribution in [-0.4, -0.2) is 9.13 Å². The molecule has 204 valence electrons. The SMILES string of the molecule is CC1(C)c2ccccc2-c2cc3c4ccccc4c(=O)n(-c4ccc5c(c4)c4ccccc4n5-c4ccccc4)c3cc21. The Hall–Kier alpha value is -5.41. The van der Waals surface area contributed by atoms with Crippen LogP contribution in [0.4, 0.5) is 0 Å². The zero-order chi connectivity index (χ0) is 28.9. The molecule has 0 atom stereocenters. The maximum atomic E-state index is 14.4. The minimum absolute atomic E-state index is 0.00233. The maximum absolute atomic E-state index is 14.4. The summed E-state index contributed by atoms with van der Waals surface area (Å²) in [6, 6.07) is 46.8. The molecule has 43 heavy (non-hydrogen) atoms. The molecule has 6 aromatic carbocycles. The van der Waals surface area contributed by atoms with Crippen LogP contribution in [0.2, 0.25) is 0 Å². The number of hydrogen-bond donors (Lipinski definition) is 0. The van der Waals surface area contributed by atoms with Crippen molar-refractivity contribution in [3.05, 3.63) is 155 Å². The van der Waals surface area contributed by atoms with E-state index in [0.717, 1.165) is 49.5 Å². The number of aromatic nitrogens is 2. The molecule has 2 heterocycles. The summed E-state index contributed by atoms with van der Waals surface area (Å²) in [6.45, 7) is 4.58. The summed E-state index contributed by atoms with van der Waals surface area (Å²) >= 11 is 0. The molecule has 1 aliphatic carbocycles. The molecule has 0 fully saturated rings. The highest BCUT2D eigenvalue weighted by molar-refractivity contribution is 6.11. The Kier molecular flexibility index (Phi) is 4.82. The van der Waals surface area contributed by atoms with Crippen molar-refractivity contribution in [1.82, 2.24) is 9.13 Å². The smallest absolute Gasteiger partial charge is 0.263 e. The van der Waals surface area contributed by atoms with Gasteiger partial charge in [-0.1, -0.05) is 92.7 Å². The minimum Gasteiger partial charge on any atom is -0.309 e. The van der Waals surface area contributed by atoms with E-state index in [1.807, 2.05) is 28.8 Å². The molecule has 1 aliphatic rings. The predicted molar refractivity (Wildman–Crippen MR) is 179 cm³/mol. The molecule has 0 aliphatic heterocycles. The number of benzene rings is 6. The van der Waals surface area contributed by atoms with Crippen LogP contribution in [0.3, 0.4) is 0 Å². The van der Waals surface area contributed by atoms with E-state index in [9.17, 15) is 4.79 Å². The lowest BCUT2D eigenvalue weighted by molar-refractivity contribution is 0.661. The lowest BCUT2D eigenvalue weighted by atomic mass is 9.82. The van der Waals surface area contributed by atoms with Crippen LogP contribution < -0.4 is 5.56 Å². The molecule has 0 radical (unpaired) electrons. The third kappa shape index (κ3) is 3.22. The highest BCUT2D eigenvalue weighted by atomic mass is 16.1. The van der Waals surface area contributed by atoms with Crippen molar-refractivity contribution in [3.63, 3.8) is 0 Å². The first-order valence-electron chi connectivity index (χ1n) is 14.8. The average Bonchev–Trinajstić information content (AvgIpc) is 3.49. The summed E-state index contributed by atoms with van der Waals surface area (Å²) in [5, 5.41) is 5.10. The molecule has 0 saturated carbocycles. The van der Waals surface area contributed by atoms with Crippen LogP contribution in [0, 0.1) is 0 Å². The molecular weight excluding hydrogens is 524 g/mol. The van der Waals surface area contributed by atoms with E-state index < -0.39 is 0 Å². The summed E-state index contributed by atoms with van der Waals surface area (Å²) in [5.74, 6) is 0. The Bertz CT molecular complexity index is 2500. The number of nitrogens with zero attached hydrogens (tertiary/aromatic N) is 2. The first-order chi connectivity index (χ1) is 21.0. The first-order valence-corrected chi connectivity index (χ1v) is 14.8. The van der Waals surface area contributed by atoms with Gasteiger partial charge in [-0.3, -0.25) is 9.36 Å². The normalized spacial score (nSPS) is 13.6. The van der Waals surface area contributed by atoms with Crippen LogP contribution in [0.25, 0.3) is 66.0 Å². The molecule has 3 heteroatoms. The number of pyridine rings is 1. The quantitative estimate of drug-likeness (QED) is 0.196. The zero-order valence-corrected chi connectivity index (χ0v) is 24.0. The van der Waals surface area contributed by atoms with Gasteiger partial charge in [-0.15, -0.1) is 0 Å². The van der Waals surface area contributed by atoms with E-state index in [0.29, 0.717) is 0 Å². The van der Waals surface area contributed by atoms with Crippen molar-refractivity contribution in [1.29, 1.82) is 0 Å². The molecule has 9 rings (SSSR count). The Balaban J connectivity index is 1.40. The largest absolute Gasteiger partial charge is 0.309 e. The lowest BCUT2D eigenvalue weighted by Crippen LogP contribution is -2.20. The van der Waals surface area contributed by atoms with E-state index in [-0.39, 0.29) is 11.0 Å². The second-order valence-electron chi connectivity index (χ2n) is 12.2. The highest BCUT2D eigenvalue weighted by Gasteiger charge is 2.36. The molecule has 0 amide bonds. The molecule has 0 N–H and O–H groups in total. The Morgan fingerprint density at radius 1 is 0.442 bits per heavy atom. The Morgan fingerprint density at radius 3 is 1.93 bits per heavy atom. The van der Waals surface area contributed by atoms with Crippen molar-refractivity contribution >= 4 is 43.5 Å². The van der Waals surface area contributed by atoms with E-state index in [2.05, 4.69) is 128 Å². The summed E-state index contributed by atoms with van der Waals surface area (Å²) in [6.07, 6.45) is 0. The van der Waals surface area contributed by atoms with Crippen molar-refractivity contribution in [2.75, 3.05) is 0 Å². The maximum Gasteiger partial charge on any atom is 0.263 e. The van der Waals surface area contributed by atoms with Gasteiger partial charge in [0.25, 0.3) is 5.56 Å². The molecule has 0 spiro atoms. The predicted octanol–water partition coefficient (Wildman–Crippen LogP) is 9.55. The third-order valence-electron chi connectivity index (χ3n) is 9.52. The molecular formula is C40H28N2O. The van der Waals surface area contributed by atoms with Crippen LogP contribution in [-0.2, 0) is 5.41 Å². The van der Waals surface area contributed by atoms with Crippen LogP contribution >= 0.6 is 0 Å². The summed E-state index contributed by atoms with van der Waals surface area (Å²) in [7, 11) is 0. The minimum atomic E-state index is -0.167. The monoisotopic (exact) mass is 552 g/mol. The van der Waals surface area contributed by atoms with Crippen molar-refractivity contribution in [2.24, 2.45) is 0 Å². The number of hydrogen-bond acceptors (Lipinski definition) is 1. The van der Waals surface area contributed by atoms with Gasteiger partial charge in [0, 0.05) is 32.6 Å². The number of fused-ring (bicyclic) bond motifs is 9. The second-order valence-corrected chi connectivity index (χ2v) is 12.2. The summed E-state index contributed by atoms with van der Waals surface area (Å²) in [4.78, 5) is 14.4. The zero-order valence-electron chi connectivity index (χ0n) is 24.0. The van der Waals surface area contributed by atoms with Gasteiger partial charge in [0.15, 0.2) is 0 Å². The van der Waals surface area contributed by atoms with Gasteiger partial charge in [0.1, 0.15) is 0 Å². The highest BCUT2D eigenvalue weighted by Crippen LogP contribution is 2.50.